The van der Waals surface area contributed by atoms with Crippen LogP contribution in [0.4, 0.5) is 5.82 Å². The second-order valence-electron chi connectivity index (χ2n) is 5.90. The Balaban J connectivity index is 1.43. The van der Waals surface area contributed by atoms with Gasteiger partial charge in [-0.2, -0.15) is 9.40 Å². The van der Waals surface area contributed by atoms with E-state index in [1.165, 1.54) is 10.5 Å². The minimum absolute atomic E-state index is 0.0737. The van der Waals surface area contributed by atoms with Gasteiger partial charge < -0.3 is 9.42 Å². The number of anilines is 1. The van der Waals surface area contributed by atoms with Crippen LogP contribution in [0.3, 0.4) is 0 Å². The van der Waals surface area contributed by atoms with Crippen LogP contribution < -0.4 is 4.90 Å². The van der Waals surface area contributed by atoms with E-state index in [0.717, 1.165) is 12.0 Å². The van der Waals surface area contributed by atoms with Crippen molar-refractivity contribution in [1.29, 1.82) is 0 Å². The third-order valence-corrected chi connectivity index (χ3v) is 6.05. The predicted molar refractivity (Wildman–Crippen MR) is 91.4 cm³/mol. The van der Waals surface area contributed by atoms with E-state index in [0.29, 0.717) is 37.8 Å². The molecule has 3 aromatic heterocycles. The maximum atomic E-state index is 12.5. The molecule has 0 spiro atoms. The van der Waals surface area contributed by atoms with Crippen molar-refractivity contribution in [3.8, 4) is 5.82 Å². The number of nitrogens with zero attached hydrogens (tertiary/aromatic N) is 7. The molecule has 0 atom stereocenters. The monoisotopic (exact) mass is 375 g/mol. The van der Waals surface area contributed by atoms with Crippen molar-refractivity contribution in [1.82, 2.24) is 29.4 Å². The molecular formula is C15H17N7O3S. The first-order chi connectivity index (χ1) is 12.5. The quantitative estimate of drug-likeness (QED) is 0.647. The van der Waals surface area contributed by atoms with E-state index in [1.807, 2.05) is 36.2 Å². The Kier molecular flexibility index (Phi) is 4.17. The molecule has 0 N–H and O–H groups in total. The summed E-state index contributed by atoms with van der Waals surface area (Å²) in [5.74, 6) is 1.34. The van der Waals surface area contributed by atoms with E-state index in [1.54, 1.807) is 4.68 Å². The van der Waals surface area contributed by atoms with Crippen LogP contribution in [-0.2, 0) is 10.0 Å². The molecule has 4 heterocycles. The predicted octanol–water partition coefficient (Wildman–Crippen LogP) is 0.470. The Labute approximate surface area is 150 Å². The Bertz CT molecular complexity index is 975. The van der Waals surface area contributed by atoms with E-state index in [4.69, 9.17) is 0 Å². The third-order valence-electron chi connectivity index (χ3n) is 4.20. The molecule has 0 aliphatic carbocycles. The largest absolute Gasteiger partial charge is 0.363 e. The zero-order valence-electron chi connectivity index (χ0n) is 14.1. The summed E-state index contributed by atoms with van der Waals surface area (Å²) in [6.07, 6.45) is 4.18. The molecule has 26 heavy (non-hydrogen) atoms. The van der Waals surface area contributed by atoms with E-state index in [-0.39, 0.29) is 4.90 Å². The zero-order chi connectivity index (χ0) is 18.1. The Morgan fingerprint density at radius 2 is 1.77 bits per heavy atom. The molecule has 1 saturated heterocycles. The van der Waals surface area contributed by atoms with Gasteiger partial charge in [0.25, 0.3) is 0 Å². The summed E-state index contributed by atoms with van der Waals surface area (Å²) < 4.78 is 32.7. The van der Waals surface area contributed by atoms with Crippen LogP contribution in [0.2, 0.25) is 0 Å². The van der Waals surface area contributed by atoms with Crippen LogP contribution >= 0.6 is 0 Å². The molecule has 136 valence electrons. The molecule has 0 radical (unpaired) electrons. The minimum atomic E-state index is -3.56. The number of hydrogen-bond acceptors (Lipinski definition) is 8. The summed E-state index contributed by atoms with van der Waals surface area (Å²) in [6.45, 7) is 3.68. The average Bonchev–Trinajstić information content (AvgIpc) is 3.34. The molecule has 1 aliphatic rings. The molecular weight excluding hydrogens is 358 g/mol. The van der Waals surface area contributed by atoms with Crippen molar-refractivity contribution in [2.45, 2.75) is 11.8 Å². The van der Waals surface area contributed by atoms with Crippen LogP contribution in [0, 0.1) is 6.92 Å². The van der Waals surface area contributed by atoms with Crippen molar-refractivity contribution in [3.05, 3.63) is 42.5 Å². The van der Waals surface area contributed by atoms with Crippen LogP contribution in [0.1, 0.15) is 5.69 Å². The van der Waals surface area contributed by atoms with Gasteiger partial charge in [0, 0.05) is 32.4 Å². The fraction of sp³-hybridized carbons (Fsp3) is 0.333. The number of piperazine rings is 1. The first-order valence-electron chi connectivity index (χ1n) is 8.05. The molecule has 0 aromatic carbocycles. The summed E-state index contributed by atoms with van der Waals surface area (Å²) in [4.78, 5) is 2.08. The molecule has 0 bridgehead atoms. The Morgan fingerprint density at radius 1 is 1.04 bits per heavy atom. The SMILES string of the molecule is Cc1ccn(-c2ccc(N3CCN(S(=O)(=O)c4cnoc4)CC3)nn2)n1. The van der Waals surface area contributed by atoms with Gasteiger partial charge in [0.1, 0.15) is 11.2 Å². The molecule has 0 amide bonds. The lowest BCUT2D eigenvalue weighted by Crippen LogP contribution is -2.48. The molecule has 4 rings (SSSR count). The number of rotatable bonds is 4. The smallest absolute Gasteiger partial charge is 0.248 e. The Morgan fingerprint density at radius 3 is 2.35 bits per heavy atom. The van der Waals surface area contributed by atoms with E-state index >= 15 is 0 Å². The average molecular weight is 375 g/mol. The van der Waals surface area contributed by atoms with E-state index in [9.17, 15) is 8.42 Å². The highest BCUT2D eigenvalue weighted by molar-refractivity contribution is 7.89. The highest BCUT2D eigenvalue weighted by atomic mass is 32.2. The maximum absolute atomic E-state index is 12.5. The number of aromatic nitrogens is 5. The van der Waals surface area contributed by atoms with Crippen LogP contribution in [0.25, 0.3) is 5.82 Å². The van der Waals surface area contributed by atoms with Crippen molar-refractivity contribution in [3.63, 3.8) is 0 Å². The summed E-state index contributed by atoms with van der Waals surface area (Å²) >= 11 is 0. The van der Waals surface area contributed by atoms with Gasteiger partial charge in [-0.1, -0.05) is 5.16 Å². The number of sulfonamides is 1. The van der Waals surface area contributed by atoms with Crippen molar-refractivity contribution >= 4 is 15.8 Å². The van der Waals surface area contributed by atoms with Crippen LogP contribution in [0.5, 0.6) is 0 Å². The van der Waals surface area contributed by atoms with Gasteiger partial charge in [0.2, 0.25) is 10.0 Å². The number of hydrogen-bond donors (Lipinski definition) is 0. The normalized spacial score (nSPS) is 16.1. The summed E-state index contributed by atoms with van der Waals surface area (Å²) in [7, 11) is -3.56. The van der Waals surface area contributed by atoms with Gasteiger partial charge in [0.15, 0.2) is 11.6 Å². The second kappa shape index (κ2) is 6.50. The van der Waals surface area contributed by atoms with Gasteiger partial charge in [-0.3, -0.25) is 0 Å². The lowest BCUT2D eigenvalue weighted by Gasteiger charge is -2.34. The highest BCUT2D eigenvalue weighted by Gasteiger charge is 2.30. The first-order valence-corrected chi connectivity index (χ1v) is 9.49. The lowest BCUT2D eigenvalue weighted by molar-refractivity contribution is 0.382. The molecule has 10 nitrogen and oxygen atoms in total. The summed E-state index contributed by atoms with van der Waals surface area (Å²) in [6, 6.07) is 5.60. The zero-order valence-corrected chi connectivity index (χ0v) is 14.9. The molecule has 0 saturated carbocycles. The van der Waals surface area contributed by atoms with Crippen molar-refractivity contribution in [2.75, 3.05) is 31.1 Å². The van der Waals surface area contributed by atoms with Crippen LogP contribution in [-0.4, -0.2) is 64.0 Å². The van der Waals surface area contributed by atoms with Gasteiger partial charge in [0.05, 0.1) is 11.9 Å². The first kappa shape index (κ1) is 16.7. The second-order valence-corrected chi connectivity index (χ2v) is 7.84. The molecule has 11 heteroatoms. The molecule has 1 fully saturated rings. The molecule has 1 aliphatic heterocycles. The third kappa shape index (κ3) is 3.06. The topological polar surface area (TPSA) is 110 Å². The van der Waals surface area contributed by atoms with Gasteiger partial charge in [-0.25, -0.2) is 13.1 Å². The lowest BCUT2D eigenvalue weighted by atomic mass is 10.3. The van der Waals surface area contributed by atoms with Gasteiger partial charge in [-0.05, 0) is 25.1 Å². The van der Waals surface area contributed by atoms with E-state index in [2.05, 4.69) is 25.0 Å². The standard InChI is InChI=1S/C15H17N7O3S/c1-12-4-5-22(19-12)15-3-2-14(17-18-15)20-6-8-21(9-7-20)26(23,24)13-10-16-25-11-13/h2-5,10-11H,6-9H2,1H3. The number of aryl methyl sites for hydroxylation is 1. The maximum Gasteiger partial charge on any atom is 0.248 e. The summed E-state index contributed by atoms with van der Waals surface area (Å²) in [5.41, 5.74) is 0.904. The fourth-order valence-corrected chi connectivity index (χ4v) is 4.06. The van der Waals surface area contributed by atoms with Gasteiger partial charge >= 0.3 is 0 Å². The van der Waals surface area contributed by atoms with Crippen molar-refractivity contribution in [2.24, 2.45) is 0 Å². The summed E-state index contributed by atoms with van der Waals surface area (Å²) in [5, 5.41) is 16.2. The fourth-order valence-electron chi connectivity index (χ4n) is 2.78. The van der Waals surface area contributed by atoms with Crippen molar-refractivity contribution < 1.29 is 12.9 Å². The van der Waals surface area contributed by atoms with Gasteiger partial charge in [-0.15, -0.1) is 10.2 Å². The molecule has 0 unspecified atom stereocenters. The highest BCUT2D eigenvalue weighted by Crippen LogP contribution is 2.19. The Hall–Kier alpha value is -2.79. The molecule has 3 aromatic rings. The van der Waals surface area contributed by atoms with E-state index < -0.39 is 10.0 Å². The minimum Gasteiger partial charge on any atom is -0.363 e. The van der Waals surface area contributed by atoms with Crippen LogP contribution in [0.15, 0.2) is 46.3 Å².